The average Bonchev–Trinajstić information content (AvgIpc) is 2.96. The van der Waals surface area contributed by atoms with E-state index in [0.717, 1.165) is 41.5 Å². The Morgan fingerprint density at radius 1 is 1.18 bits per heavy atom. The minimum Gasteiger partial charge on any atom is -0.493 e. The van der Waals surface area contributed by atoms with Crippen LogP contribution < -0.4 is 9.47 Å². The molecular formula is C20H24N2O5S. The van der Waals surface area contributed by atoms with Crippen LogP contribution in [0.4, 0.5) is 4.79 Å². The Hall–Kier alpha value is -2.48. The highest BCUT2D eigenvalue weighted by atomic mass is 32.2. The lowest BCUT2D eigenvalue weighted by Crippen LogP contribution is -2.44. The zero-order chi connectivity index (χ0) is 20.1. The number of rotatable bonds is 6. The van der Waals surface area contributed by atoms with Crippen LogP contribution in [0.15, 0.2) is 23.1 Å². The molecule has 150 valence electrons. The smallest absolute Gasteiger partial charge is 0.294 e. The fourth-order valence-corrected chi connectivity index (χ4v) is 4.06. The summed E-state index contributed by atoms with van der Waals surface area (Å²) in [4.78, 5) is 40.4. The number of piperidine rings is 1. The van der Waals surface area contributed by atoms with Crippen molar-refractivity contribution < 1.29 is 23.9 Å². The molecule has 2 saturated heterocycles. The monoisotopic (exact) mass is 404 g/mol. The molecule has 0 spiro atoms. The lowest BCUT2D eigenvalue weighted by atomic mass is 10.1. The Morgan fingerprint density at radius 2 is 1.93 bits per heavy atom. The average molecular weight is 404 g/mol. The molecule has 2 aliphatic rings. The van der Waals surface area contributed by atoms with Crippen LogP contribution in [-0.4, -0.2) is 60.2 Å². The molecule has 1 aromatic rings. The van der Waals surface area contributed by atoms with Gasteiger partial charge in [-0.1, -0.05) is 6.07 Å². The molecule has 2 heterocycles. The number of imide groups is 1. The lowest BCUT2D eigenvalue weighted by molar-refractivity contribution is -0.136. The Balaban J connectivity index is 1.73. The van der Waals surface area contributed by atoms with Crippen LogP contribution in [0.5, 0.6) is 11.5 Å². The van der Waals surface area contributed by atoms with E-state index < -0.39 is 11.1 Å². The maximum atomic E-state index is 12.7. The first kappa shape index (κ1) is 20.3. The van der Waals surface area contributed by atoms with Crippen LogP contribution in [0, 0.1) is 0 Å². The zero-order valence-corrected chi connectivity index (χ0v) is 16.9. The first-order valence-electron chi connectivity index (χ1n) is 9.37. The fourth-order valence-electron chi connectivity index (χ4n) is 3.22. The van der Waals surface area contributed by atoms with Gasteiger partial charge in [-0.25, -0.2) is 0 Å². The number of nitrogens with zero attached hydrogens (tertiary/aromatic N) is 2. The van der Waals surface area contributed by atoms with E-state index in [-0.39, 0.29) is 12.5 Å². The summed E-state index contributed by atoms with van der Waals surface area (Å²) in [6.07, 6.45) is 4.68. The maximum absolute atomic E-state index is 12.7. The Bertz CT molecular complexity index is 802. The van der Waals surface area contributed by atoms with Gasteiger partial charge in [0.15, 0.2) is 11.5 Å². The number of hydrogen-bond acceptors (Lipinski definition) is 6. The van der Waals surface area contributed by atoms with Crippen LogP contribution in [0.1, 0.15) is 31.7 Å². The molecular weight excluding hydrogens is 380 g/mol. The van der Waals surface area contributed by atoms with Gasteiger partial charge in [-0.15, -0.1) is 0 Å². The second kappa shape index (κ2) is 9.14. The number of likely N-dealkylation sites (tertiary alicyclic amines) is 1. The topological polar surface area (TPSA) is 76.2 Å². The Labute approximate surface area is 168 Å². The zero-order valence-electron chi connectivity index (χ0n) is 16.1. The van der Waals surface area contributed by atoms with Crippen LogP contribution in [0.3, 0.4) is 0 Å². The number of benzene rings is 1. The highest BCUT2D eigenvalue weighted by molar-refractivity contribution is 8.18. The number of carbonyl (C=O) groups excluding carboxylic acids is 3. The molecule has 0 N–H and O–H groups in total. The molecule has 3 amide bonds. The van der Waals surface area contributed by atoms with Crippen molar-refractivity contribution in [1.82, 2.24) is 9.80 Å². The molecule has 3 rings (SSSR count). The molecule has 0 saturated carbocycles. The quantitative estimate of drug-likeness (QED) is 0.678. The van der Waals surface area contributed by atoms with Gasteiger partial charge < -0.3 is 14.4 Å². The fraction of sp³-hybridized carbons (Fsp3) is 0.450. The Kier molecular flexibility index (Phi) is 6.61. The van der Waals surface area contributed by atoms with E-state index in [1.165, 1.54) is 0 Å². The molecule has 8 heteroatoms. The van der Waals surface area contributed by atoms with Crippen LogP contribution in [0.2, 0.25) is 0 Å². The summed E-state index contributed by atoms with van der Waals surface area (Å²) in [5, 5.41) is -0.417. The summed E-state index contributed by atoms with van der Waals surface area (Å²) in [6, 6.07) is 5.30. The largest absolute Gasteiger partial charge is 0.493 e. The molecule has 1 aromatic carbocycles. The van der Waals surface area contributed by atoms with Gasteiger partial charge in [0, 0.05) is 13.1 Å². The summed E-state index contributed by atoms with van der Waals surface area (Å²) in [5.41, 5.74) is 0.720. The van der Waals surface area contributed by atoms with Crippen molar-refractivity contribution in [3.05, 3.63) is 28.7 Å². The van der Waals surface area contributed by atoms with E-state index in [1.807, 2.05) is 6.92 Å². The van der Waals surface area contributed by atoms with Gasteiger partial charge in [0.05, 0.1) is 18.6 Å². The van der Waals surface area contributed by atoms with Crippen molar-refractivity contribution in [2.75, 3.05) is 33.4 Å². The third-order valence-electron chi connectivity index (χ3n) is 4.66. The van der Waals surface area contributed by atoms with E-state index in [0.29, 0.717) is 36.1 Å². The predicted molar refractivity (Wildman–Crippen MR) is 107 cm³/mol. The van der Waals surface area contributed by atoms with E-state index >= 15 is 0 Å². The first-order valence-corrected chi connectivity index (χ1v) is 10.2. The van der Waals surface area contributed by atoms with E-state index in [2.05, 4.69) is 0 Å². The van der Waals surface area contributed by atoms with E-state index in [4.69, 9.17) is 9.47 Å². The van der Waals surface area contributed by atoms with Crippen molar-refractivity contribution in [3.63, 3.8) is 0 Å². The van der Waals surface area contributed by atoms with Crippen molar-refractivity contribution in [2.45, 2.75) is 26.2 Å². The molecule has 7 nitrogen and oxygen atoms in total. The second-order valence-electron chi connectivity index (χ2n) is 6.55. The number of amides is 3. The van der Waals surface area contributed by atoms with Gasteiger partial charge in [-0.2, -0.15) is 0 Å². The SMILES string of the molecule is CCOc1cc(/C=C2/SC(=O)N(CC(=O)N3CCCCC3)C2=O)ccc1OC. The van der Waals surface area contributed by atoms with Crippen LogP contribution in [-0.2, 0) is 9.59 Å². The molecule has 2 aliphatic heterocycles. The second-order valence-corrected chi connectivity index (χ2v) is 7.55. The molecule has 28 heavy (non-hydrogen) atoms. The highest BCUT2D eigenvalue weighted by Crippen LogP contribution is 2.34. The number of methoxy groups -OCH3 is 1. The van der Waals surface area contributed by atoms with Gasteiger partial charge in [0.1, 0.15) is 6.54 Å². The normalized spacial score (nSPS) is 18.7. The van der Waals surface area contributed by atoms with Crippen molar-refractivity contribution in [2.24, 2.45) is 0 Å². The summed E-state index contributed by atoms with van der Waals surface area (Å²) < 4.78 is 10.8. The van der Waals surface area contributed by atoms with E-state index in [9.17, 15) is 14.4 Å². The maximum Gasteiger partial charge on any atom is 0.294 e. The molecule has 0 aliphatic carbocycles. The number of carbonyl (C=O) groups is 3. The minimum atomic E-state index is -0.436. The van der Waals surface area contributed by atoms with Crippen molar-refractivity contribution >= 4 is 34.9 Å². The number of ether oxygens (including phenoxy) is 2. The van der Waals surface area contributed by atoms with Gasteiger partial charge in [0.2, 0.25) is 5.91 Å². The van der Waals surface area contributed by atoms with Gasteiger partial charge in [-0.3, -0.25) is 19.3 Å². The predicted octanol–water partition coefficient (Wildman–Crippen LogP) is 3.14. The number of hydrogen-bond donors (Lipinski definition) is 0. The summed E-state index contributed by atoms with van der Waals surface area (Å²) in [6.45, 7) is 3.54. The first-order chi connectivity index (χ1) is 13.5. The standard InChI is InChI=1S/C20H24N2O5S/c1-3-27-16-11-14(7-8-15(16)26-2)12-17-19(24)22(20(25)28-17)13-18(23)21-9-5-4-6-10-21/h7-8,11-12H,3-6,9-10,13H2,1-2H3/b17-12+. The summed E-state index contributed by atoms with van der Waals surface area (Å²) in [7, 11) is 1.56. The van der Waals surface area contributed by atoms with Gasteiger partial charge in [0.25, 0.3) is 11.1 Å². The summed E-state index contributed by atoms with van der Waals surface area (Å²) >= 11 is 0.850. The van der Waals surface area contributed by atoms with Crippen molar-refractivity contribution in [1.29, 1.82) is 0 Å². The molecule has 0 radical (unpaired) electrons. The molecule has 0 unspecified atom stereocenters. The molecule has 2 fully saturated rings. The Morgan fingerprint density at radius 3 is 2.61 bits per heavy atom. The number of thioether (sulfide) groups is 1. The van der Waals surface area contributed by atoms with Gasteiger partial charge in [-0.05, 0) is 61.7 Å². The van der Waals surface area contributed by atoms with Gasteiger partial charge >= 0.3 is 0 Å². The molecule has 0 atom stereocenters. The van der Waals surface area contributed by atoms with Crippen LogP contribution >= 0.6 is 11.8 Å². The molecule has 0 aromatic heterocycles. The minimum absolute atomic E-state index is 0.175. The third-order valence-corrected chi connectivity index (χ3v) is 5.57. The third kappa shape index (κ3) is 4.49. The van der Waals surface area contributed by atoms with Crippen molar-refractivity contribution in [3.8, 4) is 11.5 Å². The molecule has 0 bridgehead atoms. The van der Waals surface area contributed by atoms with Crippen LogP contribution in [0.25, 0.3) is 6.08 Å². The summed E-state index contributed by atoms with van der Waals surface area (Å²) in [5.74, 6) is 0.554. The highest BCUT2D eigenvalue weighted by Gasteiger charge is 2.37. The van der Waals surface area contributed by atoms with E-state index in [1.54, 1.807) is 36.3 Å². The lowest BCUT2D eigenvalue weighted by Gasteiger charge is -2.27.